The molecule has 0 aromatic heterocycles. The molecule has 3 fully saturated rings. The number of hydrogen-bond donors (Lipinski definition) is 0. The van der Waals surface area contributed by atoms with Gasteiger partial charge in [-0.05, 0) is 70.1 Å². The summed E-state index contributed by atoms with van der Waals surface area (Å²) in [4.78, 5) is 12.8. The molecule has 0 N–H and O–H groups in total. The van der Waals surface area contributed by atoms with Crippen molar-refractivity contribution in [2.24, 2.45) is 23.2 Å². The largest absolute Gasteiger partial charge is 0.462 e. The van der Waals surface area contributed by atoms with Gasteiger partial charge in [0.1, 0.15) is 11.5 Å². The van der Waals surface area contributed by atoms with E-state index in [0.29, 0.717) is 19.1 Å². The fraction of sp³-hybridized carbons (Fsp3) is 0.958. The van der Waals surface area contributed by atoms with Gasteiger partial charge in [0.25, 0.3) is 0 Å². The Hall–Kier alpha value is -0.610. The van der Waals surface area contributed by atoms with Gasteiger partial charge < -0.3 is 14.2 Å². The normalized spacial score (nSPS) is 39.5. The third kappa shape index (κ3) is 5.72. The smallest absolute Gasteiger partial charge is 0.316 e. The molecule has 0 atom stereocenters. The van der Waals surface area contributed by atoms with Crippen molar-refractivity contribution in [2.45, 2.75) is 110 Å². The molecule has 0 amide bonds. The van der Waals surface area contributed by atoms with Crippen LogP contribution in [0.15, 0.2) is 0 Å². The zero-order valence-electron chi connectivity index (χ0n) is 18.4. The van der Waals surface area contributed by atoms with Crippen LogP contribution in [-0.2, 0) is 19.0 Å². The maximum atomic E-state index is 12.8. The minimum Gasteiger partial charge on any atom is -0.462 e. The van der Waals surface area contributed by atoms with Crippen molar-refractivity contribution in [1.82, 2.24) is 0 Å². The number of ether oxygens (including phenoxy) is 3. The lowest BCUT2D eigenvalue weighted by molar-refractivity contribution is -0.254. The molecule has 0 unspecified atom stereocenters. The molecule has 162 valence electrons. The second-order valence-corrected chi connectivity index (χ2v) is 9.96. The minimum absolute atomic E-state index is 0.0870. The van der Waals surface area contributed by atoms with E-state index >= 15 is 0 Å². The Balaban J connectivity index is 1.40. The summed E-state index contributed by atoms with van der Waals surface area (Å²) in [5, 5.41) is 0. The third-order valence-electron chi connectivity index (χ3n) is 7.36. The number of rotatable bonds is 7. The van der Waals surface area contributed by atoms with E-state index in [1.54, 1.807) is 0 Å². The van der Waals surface area contributed by atoms with Crippen LogP contribution in [0.3, 0.4) is 0 Å². The molecule has 28 heavy (non-hydrogen) atoms. The number of hydrogen-bond acceptors (Lipinski definition) is 4. The predicted octanol–water partition coefficient (Wildman–Crippen LogP) is 5.87. The van der Waals surface area contributed by atoms with Crippen molar-refractivity contribution in [2.75, 3.05) is 13.2 Å². The number of carbonyl (C=O) groups is 1. The molecular formula is C24H42O4. The first-order valence-electron chi connectivity index (χ1n) is 12.0. The number of carbonyl (C=O) groups excluding carboxylic acids is 1. The van der Waals surface area contributed by atoms with Crippen LogP contribution >= 0.6 is 0 Å². The van der Waals surface area contributed by atoms with Gasteiger partial charge in [-0.3, -0.25) is 4.79 Å². The Morgan fingerprint density at radius 2 is 1.36 bits per heavy atom. The van der Waals surface area contributed by atoms with Gasteiger partial charge in [0.05, 0.1) is 13.2 Å². The summed E-state index contributed by atoms with van der Waals surface area (Å²) in [6.07, 6.45) is 14.5. The van der Waals surface area contributed by atoms with E-state index in [2.05, 4.69) is 13.8 Å². The first-order chi connectivity index (χ1) is 13.5. The highest BCUT2D eigenvalue weighted by Gasteiger charge is 2.44. The zero-order valence-corrected chi connectivity index (χ0v) is 18.4. The molecule has 1 saturated heterocycles. The average Bonchev–Trinajstić information content (AvgIpc) is 2.71. The molecule has 0 spiro atoms. The van der Waals surface area contributed by atoms with Gasteiger partial charge in [-0.1, -0.05) is 39.5 Å². The predicted molar refractivity (Wildman–Crippen MR) is 111 cm³/mol. The Labute approximate surface area is 172 Å². The van der Waals surface area contributed by atoms with E-state index in [-0.39, 0.29) is 18.4 Å². The summed E-state index contributed by atoms with van der Waals surface area (Å²) < 4.78 is 18.0. The average molecular weight is 395 g/mol. The highest BCUT2D eigenvalue weighted by Crippen LogP contribution is 2.38. The molecule has 4 heteroatoms. The Bertz CT molecular complexity index is 467. The van der Waals surface area contributed by atoms with Crippen LogP contribution in [0.25, 0.3) is 0 Å². The van der Waals surface area contributed by atoms with Gasteiger partial charge in [0.15, 0.2) is 6.29 Å². The van der Waals surface area contributed by atoms with Crippen LogP contribution in [0.1, 0.15) is 97.8 Å². The molecule has 0 aromatic carbocycles. The third-order valence-corrected chi connectivity index (χ3v) is 7.36. The van der Waals surface area contributed by atoms with Crippen molar-refractivity contribution in [1.29, 1.82) is 0 Å². The molecule has 2 aliphatic carbocycles. The summed E-state index contributed by atoms with van der Waals surface area (Å²) in [5.41, 5.74) is -0.657. The first-order valence-corrected chi connectivity index (χ1v) is 12.0. The Morgan fingerprint density at radius 1 is 0.857 bits per heavy atom. The van der Waals surface area contributed by atoms with Crippen molar-refractivity contribution < 1.29 is 19.0 Å². The van der Waals surface area contributed by atoms with Gasteiger partial charge in [-0.25, -0.2) is 0 Å². The van der Waals surface area contributed by atoms with Gasteiger partial charge in [-0.15, -0.1) is 0 Å². The van der Waals surface area contributed by atoms with Crippen molar-refractivity contribution in [3.63, 3.8) is 0 Å². The van der Waals surface area contributed by atoms with Gasteiger partial charge in [-0.2, -0.15) is 0 Å². The molecule has 2 saturated carbocycles. The van der Waals surface area contributed by atoms with E-state index in [9.17, 15) is 4.79 Å². The molecular weight excluding hydrogens is 352 g/mol. The highest BCUT2D eigenvalue weighted by atomic mass is 16.7. The quantitative estimate of drug-likeness (QED) is 0.506. The molecule has 1 aliphatic heterocycles. The van der Waals surface area contributed by atoms with Crippen LogP contribution in [-0.4, -0.2) is 31.6 Å². The van der Waals surface area contributed by atoms with E-state index in [0.717, 1.165) is 24.7 Å². The molecule has 1 heterocycles. The second kappa shape index (κ2) is 10.4. The Kier molecular flexibility index (Phi) is 8.22. The summed E-state index contributed by atoms with van der Waals surface area (Å²) >= 11 is 0. The van der Waals surface area contributed by atoms with E-state index in [4.69, 9.17) is 14.2 Å². The van der Waals surface area contributed by atoms with Crippen LogP contribution in [0.2, 0.25) is 0 Å². The monoisotopic (exact) mass is 394 g/mol. The van der Waals surface area contributed by atoms with Crippen LogP contribution in [0, 0.1) is 23.2 Å². The summed E-state index contributed by atoms with van der Waals surface area (Å²) in [6.45, 7) is 7.32. The SMILES string of the molecule is CCC[C@H]1CC[C@H](OC(=O)C2(C)COC([C@H]3CC[C@H](CCC)CC3)OC2)CC1. The van der Waals surface area contributed by atoms with Gasteiger partial charge in [0, 0.05) is 5.92 Å². The van der Waals surface area contributed by atoms with E-state index in [1.807, 2.05) is 6.92 Å². The summed E-state index contributed by atoms with van der Waals surface area (Å²) in [6, 6.07) is 0. The molecule has 3 aliphatic rings. The number of esters is 1. The Morgan fingerprint density at radius 3 is 1.86 bits per heavy atom. The summed E-state index contributed by atoms with van der Waals surface area (Å²) in [7, 11) is 0. The minimum atomic E-state index is -0.657. The molecule has 0 bridgehead atoms. The van der Waals surface area contributed by atoms with Gasteiger partial charge in [0.2, 0.25) is 0 Å². The lowest BCUT2D eigenvalue weighted by Gasteiger charge is -2.41. The fourth-order valence-corrected chi connectivity index (χ4v) is 5.41. The first kappa shape index (κ1) is 22.1. The van der Waals surface area contributed by atoms with Crippen molar-refractivity contribution in [3.05, 3.63) is 0 Å². The second-order valence-electron chi connectivity index (χ2n) is 9.96. The molecule has 0 aromatic rings. The lowest BCUT2D eigenvalue weighted by atomic mass is 9.79. The van der Waals surface area contributed by atoms with Gasteiger partial charge >= 0.3 is 5.97 Å². The maximum absolute atomic E-state index is 12.8. The van der Waals surface area contributed by atoms with E-state index < -0.39 is 5.41 Å². The van der Waals surface area contributed by atoms with Crippen LogP contribution < -0.4 is 0 Å². The van der Waals surface area contributed by atoms with Crippen molar-refractivity contribution in [3.8, 4) is 0 Å². The van der Waals surface area contributed by atoms with Crippen molar-refractivity contribution >= 4 is 5.97 Å². The van der Waals surface area contributed by atoms with Crippen LogP contribution in [0.5, 0.6) is 0 Å². The fourth-order valence-electron chi connectivity index (χ4n) is 5.41. The standard InChI is InChI=1S/C24H42O4/c1-4-6-18-8-12-20(13-9-18)22-26-16-24(3,17-27-22)23(25)28-21-14-10-19(7-5-2)11-15-21/h18-22H,4-17H2,1-3H3/t18-,19-,20-,21-,22?,24?. The topological polar surface area (TPSA) is 44.8 Å². The zero-order chi connectivity index (χ0) is 20.0. The summed E-state index contributed by atoms with van der Waals surface area (Å²) in [5.74, 6) is 2.07. The highest BCUT2D eigenvalue weighted by molar-refractivity contribution is 5.77. The molecule has 4 nitrogen and oxygen atoms in total. The van der Waals surface area contributed by atoms with Crippen LogP contribution in [0.4, 0.5) is 0 Å². The molecule has 3 rings (SSSR count). The molecule has 0 radical (unpaired) electrons. The maximum Gasteiger partial charge on any atom is 0.316 e. The van der Waals surface area contributed by atoms with E-state index in [1.165, 1.54) is 64.2 Å². The lowest BCUT2D eigenvalue weighted by Crippen LogP contribution is -2.49.